The fourth-order valence-electron chi connectivity index (χ4n) is 2.18. The molecule has 0 saturated carbocycles. The summed E-state index contributed by atoms with van der Waals surface area (Å²) < 4.78 is 10.8. The SMILES string of the molecule is CC(C)C(=O)Oc1cc(Cl)cc(C=Nc2cccc(C(=O)O)c2)c1OC(=O)C(C)C. The number of halogens is 1. The van der Waals surface area contributed by atoms with Gasteiger partial charge in [0.1, 0.15) is 0 Å². The number of carbonyl (C=O) groups is 3. The Balaban J connectivity index is 2.52. The number of aromatic carboxylic acids is 1. The molecule has 2 rings (SSSR count). The number of hydrogen-bond acceptors (Lipinski definition) is 6. The molecule has 2 aromatic rings. The van der Waals surface area contributed by atoms with Gasteiger partial charge in [0.15, 0.2) is 11.5 Å². The minimum absolute atomic E-state index is 0.00376. The molecule has 7 nitrogen and oxygen atoms in total. The van der Waals surface area contributed by atoms with Crippen LogP contribution in [0.2, 0.25) is 5.02 Å². The van der Waals surface area contributed by atoms with Crippen LogP contribution in [0.1, 0.15) is 43.6 Å². The van der Waals surface area contributed by atoms with Crippen molar-refractivity contribution < 1.29 is 29.0 Å². The van der Waals surface area contributed by atoms with Crippen molar-refractivity contribution in [3.05, 3.63) is 52.5 Å². The van der Waals surface area contributed by atoms with Crippen LogP contribution >= 0.6 is 11.6 Å². The zero-order valence-electron chi connectivity index (χ0n) is 17.0. The minimum Gasteiger partial charge on any atom is -0.478 e. The van der Waals surface area contributed by atoms with Gasteiger partial charge in [-0.25, -0.2) is 4.79 Å². The van der Waals surface area contributed by atoms with Gasteiger partial charge in [0.25, 0.3) is 0 Å². The molecule has 0 heterocycles. The molecule has 0 fully saturated rings. The van der Waals surface area contributed by atoms with E-state index in [1.165, 1.54) is 30.5 Å². The van der Waals surface area contributed by atoms with Gasteiger partial charge in [-0.15, -0.1) is 0 Å². The Hall–Kier alpha value is -3.19. The van der Waals surface area contributed by atoms with Crippen LogP contribution in [-0.2, 0) is 9.59 Å². The molecule has 0 saturated heterocycles. The van der Waals surface area contributed by atoms with Gasteiger partial charge >= 0.3 is 17.9 Å². The Bertz CT molecular complexity index is 997. The van der Waals surface area contributed by atoms with Gasteiger partial charge in [-0.2, -0.15) is 0 Å². The molecule has 0 aromatic heterocycles. The normalized spacial score (nSPS) is 11.2. The Morgan fingerprint density at radius 1 is 1.00 bits per heavy atom. The van der Waals surface area contributed by atoms with E-state index in [9.17, 15) is 14.4 Å². The third-order valence-electron chi connectivity index (χ3n) is 3.85. The first-order chi connectivity index (χ1) is 14.1. The highest BCUT2D eigenvalue weighted by atomic mass is 35.5. The molecule has 158 valence electrons. The van der Waals surface area contributed by atoms with E-state index >= 15 is 0 Å². The monoisotopic (exact) mass is 431 g/mol. The summed E-state index contributed by atoms with van der Waals surface area (Å²) in [6.45, 7) is 6.68. The molecule has 0 spiro atoms. The second-order valence-electron chi connectivity index (χ2n) is 7.09. The second-order valence-corrected chi connectivity index (χ2v) is 7.52. The van der Waals surface area contributed by atoms with Gasteiger partial charge in [0.05, 0.1) is 23.1 Å². The molecule has 1 N–H and O–H groups in total. The van der Waals surface area contributed by atoms with Gasteiger partial charge in [-0.1, -0.05) is 45.4 Å². The van der Waals surface area contributed by atoms with Gasteiger partial charge in [0, 0.05) is 22.9 Å². The van der Waals surface area contributed by atoms with Crippen molar-refractivity contribution in [1.29, 1.82) is 0 Å². The van der Waals surface area contributed by atoms with E-state index in [4.69, 9.17) is 26.2 Å². The number of ether oxygens (including phenoxy) is 2. The van der Waals surface area contributed by atoms with Crippen molar-refractivity contribution in [2.24, 2.45) is 16.8 Å². The standard InChI is InChI=1S/C22H22ClNO6/c1-12(2)21(27)29-18-10-16(23)8-15(19(18)30-22(28)13(3)4)11-24-17-7-5-6-14(9-17)20(25)26/h5-13H,1-4H3,(H,25,26). The Morgan fingerprint density at radius 3 is 2.23 bits per heavy atom. The summed E-state index contributed by atoms with van der Waals surface area (Å²) in [6, 6.07) is 8.90. The highest BCUT2D eigenvalue weighted by Crippen LogP contribution is 2.35. The molecule has 0 atom stereocenters. The van der Waals surface area contributed by atoms with Crippen LogP contribution in [-0.4, -0.2) is 29.2 Å². The first kappa shape index (κ1) is 23.1. The number of rotatable bonds is 7. The van der Waals surface area contributed by atoms with Gasteiger partial charge in [0.2, 0.25) is 0 Å². The summed E-state index contributed by atoms with van der Waals surface area (Å²) in [5.74, 6) is -2.96. The zero-order chi connectivity index (χ0) is 22.4. The van der Waals surface area contributed by atoms with E-state index < -0.39 is 29.7 Å². The number of carboxylic acids is 1. The van der Waals surface area contributed by atoms with E-state index in [-0.39, 0.29) is 22.1 Å². The Kier molecular flexibility index (Phi) is 7.72. The molecule has 8 heteroatoms. The lowest BCUT2D eigenvalue weighted by molar-refractivity contribution is -0.140. The number of nitrogens with zero attached hydrogens (tertiary/aromatic N) is 1. The number of esters is 2. The Labute approximate surface area is 179 Å². The highest BCUT2D eigenvalue weighted by Gasteiger charge is 2.21. The molecular formula is C22H22ClNO6. The van der Waals surface area contributed by atoms with Crippen molar-refractivity contribution in [2.75, 3.05) is 0 Å². The lowest BCUT2D eigenvalue weighted by Crippen LogP contribution is -2.19. The van der Waals surface area contributed by atoms with Crippen molar-refractivity contribution >= 4 is 41.4 Å². The van der Waals surface area contributed by atoms with E-state index in [0.29, 0.717) is 11.3 Å². The van der Waals surface area contributed by atoms with Crippen LogP contribution in [0.4, 0.5) is 5.69 Å². The fraction of sp³-hybridized carbons (Fsp3) is 0.273. The number of carboxylic acid groups (broad SMARTS) is 1. The van der Waals surface area contributed by atoms with E-state index in [0.717, 1.165) is 0 Å². The first-order valence-corrected chi connectivity index (χ1v) is 9.60. The number of carbonyl (C=O) groups excluding carboxylic acids is 2. The third-order valence-corrected chi connectivity index (χ3v) is 4.07. The molecular weight excluding hydrogens is 410 g/mol. The topological polar surface area (TPSA) is 102 Å². The van der Waals surface area contributed by atoms with E-state index in [1.54, 1.807) is 39.8 Å². The van der Waals surface area contributed by atoms with Crippen LogP contribution in [0.5, 0.6) is 11.5 Å². The van der Waals surface area contributed by atoms with Crippen LogP contribution in [0, 0.1) is 11.8 Å². The lowest BCUT2D eigenvalue weighted by Gasteiger charge is -2.15. The quantitative estimate of drug-likeness (QED) is 0.379. The van der Waals surface area contributed by atoms with Crippen molar-refractivity contribution in [3.63, 3.8) is 0 Å². The average Bonchev–Trinajstić information content (AvgIpc) is 2.68. The van der Waals surface area contributed by atoms with Crippen molar-refractivity contribution in [2.45, 2.75) is 27.7 Å². The van der Waals surface area contributed by atoms with Crippen molar-refractivity contribution in [1.82, 2.24) is 0 Å². The Morgan fingerprint density at radius 2 is 1.63 bits per heavy atom. The maximum absolute atomic E-state index is 12.2. The van der Waals surface area contributed by atoms with Crippen molar-refractivity contribution in [3.8, 4) is 11.5 Å². The fourth-order valence-corrected chi connectivity index (χ4v) is 2.39. The van der Waals surface area contributed by atoms with Gasteiger partial charge in [-0.3, -0.25) is 14.6 Å². The maximum Gasteiger partial charge on any atom is 0.335 e. The summed E-state index contributed by atoms with van der Waals surface area (Å²) in [5, 5.41) is 9.36. The molecule has 0 aliphatic heterocycles. The molecule has 2 aromatic carbocycles. The van der Waals surface area contributed by atoms with E-state index in [1.807, 2.05) is 0 Å². The molecule has 0 aliphatic carbocycles. The van der Waals surface area contributed by atoms with Crippen LogP contribution in [0.25, 0.3) is 0 Å². The molecule has 0 aliphatic rings. The smallest absolute Gasteiger partial charge is 0.335 e. The predicted molar refractivity (Wildman–Crippen MR) is 113 cm³/mol. The summed E-state index contributed by atoms with van der Waals surface area (Å²) in [7, 11) is 0. The van der Waals surface area contributed by atoms with Gasteiger partial charge < -0.3 is 14.6 Å². The average molecular weight is 432 g/mol. The summed E-state index contributed by atoms with van der Waals surface area (Å²) >= 11 is 6.16. The molecule has 0 unspecified atom stereocenters. The molecule has 30 heavy (non-hydrogen) atoms. The minimum atomic E-state index is -1.08. The highest BCUT2D eigenvalue weighted by molar-refractivity contribution is 6.31. The second kappa shape index (κ2) is 10.0. The summed E-state index contributed by atoms with van der Waals surface area (Å²) in [4.78, 5) is 39.7. The predicted octanol–water partition coefficient (Wildman–Crippen LogP) is 4.91. The number of hydrogen-bond donors (Lipinski definition) is 1. The molecule has 0 bridgehead atoms. The summed E-state index contributed by atoms with van der Waals surface area (Å²) in [6.07, 6.45) is 1.36. The third kappa shape index (κ3) is 6.15. The van der Waals surface area contributed by atoms with Crippen LogP contribution in [0.3, 0.4) is 0 Å². The van der Waals surface area contributed by atoms with E-state index in [2.05, 4.69) is 4.99 Å². The summed E-state index contributed by atoms with van der Waals surface area (Å²) in [5.41, 5.74) is 0.745. The first-order valence-electron chi connectivity index (χ1n) is 9.22. The lowest BCUT2D eigenvalue weighted by atomic mass is 10.1. The molecule has 0 radical (unpaired) electrons. The zero-order valence-corrected chi connectivity index (χ0v) is 17.8. The molecule has 0 amide bonds. The van der Waals surface area contributed by atoms with Crippen LogP contribution < -0.4 is 9.47 Å². The van der Waals surface area contributed by atoms with Crippen LogP contribution in [0.15, 0.2) is 41.4 Å². The number of benzene rings is 2. The van der Waals surface area contributed by atoms with Gasteiger partial charge in [-0.05, 0) is 24.3 Å². The largest absolute Gasteiger partial charge is 0.478 e. The number of aliphatic imine (C=N–C) groups is 1. The maximum atomic E-state index is 12.2.